The van der Waals surface area contributed by atoms with Gasteiger partial charge in [0.1, 0.15) is 17.5 Å². The van der Waals surface area contributed by atoms with Crippen LogP contribution < -0.4 is 10.6 Å². The monoisotopic (exact) mass is 266 g/mol. The summed E-state index contributed by atoms with van der Waals surface area (Å²) in [6.07, 6.45) is 3.01. The van der Waals surface area contributed by atoms with Crippen molar-refractivity contribution in [1.29, 1.82) is 0 Å². The summed E-state index contributed by atoms with van der Waals surface area (Å²) < 4.78 is 5.24. The predicted molar refractivity (Wildman–Crippen MR) is 79.8 cm³/mol. The number of anilines is 2. The van der Waals surface area contributed by atoms with E-state index in [1.165, 1.54) is 0 Å². The van der Waals surface area contributed by atoms with Crippen molar-refractivity contribution in [2.45, 2.75) is 46.1 Å². The molecule has 1 aromatic rings. The third kappa shape index (κ3) is 5.42. The van der Waals surface area contributed by atoms with Gasteiger partial charge >= 0.3 is 0 Å². The highest BCUT2D eigenvalue weighted by Gasteiger charge is 2.10. The highest BCUT2D eigenvalue weighted by atomic mass is 16.5. The number of hydrogen-bond donors (Lipinski definition) is 2. The largest absolute Gasteiger partial charge is 0.383 e. The Kier molecular flexibility index (Phi) is 7.18. The number of methoxy groups -OCH3 is 1. The molecule has 5 nitrogen and oxygen atoms in total. The minimum Gasteiger partial charge on any atom is -0.383 e. The van der Waals surface area contributed by atoms with Crippen molar-refractivity contribution in [3.05, 3.63) is 11.9 Å². The van der Waals surface area contributed by atoms with Gasteiger partial charge in [0.15, 0.2) is 0 Å². The van der Waals surface area contributed by atoms with Crippen molar-refractivity contribution in [3.63, 3.8) is 0 Å². The van der Waals surface area contributed by atoms with Crippen LogP contribution in [0.15, 0.2) is 6.07 Å². The second-order valence-electron chi connectivity index (χ2n) is 4.52. The number of nitrogens with one attached hydrogen (secondary N) is 2. The molecule has 19 heavy (non-hydrogen) atoms. The summed E-state index contributed by atoms with van der Waals surface area (Å²) in [5.41, 5.74) is 0. The van der Waals surface area contributed by atoms with Crippen LogP contribution in [0.25, 0.3) is 0 Å². The Morgan fingerprint density at radius 1 is 1.21 bits per heavy atom. The maximum Gasteiger partial charge on any atom is 0.132 e. The molecule has 0 aliphatic rings. The highest BCUT2D eigenvalue weighted by molar-refractivity contribution is 5.48. The van der Waals surface area contributed by atoms with E-state index in [0.29, 0.717) is 12.6 Å². The van der Waals surface area contributed by atoms with Crippen LogP contribution in [-0.4, -0.2) is 36.3 Å². The van der Waals surface area contributed by atoms with Gasteiger partial charge in [-0.2, -0.15) is 0 Å². The van der Waals surface area contributed by atoms with Crippen molar-refractivity contribution in [2.24, 2.45) is 0 Å². The summed E-state index contributed by atoms with van der Waals surface area (Å²) >= 11 is 0. The van der Waals surface area contributed by atoms with Gasteiger partial charge in [-0.3, -0.25) is 0 Å². The fourth-order valence-corrected chi connectivity index (χ4v) is 1.96. The van der Waals surface area contributed by atoms with Gasteiger partial charge in [-0.25, -0.2) is 9.97 Å². The summed E-state index contributed by atoms with van der Waals surface area (Å²) in [6.45, 7) is 7.84. The average molecular weight is 266 g/mol. The molecule has 5 heteroatoms. The predicted octanol–water partition coefficient (Wildman–Crippen LogP) is 2.70. The molecule has 0 fully saturated rings. The third-order valence-corrected chi connectivity index (χ3v) is 2.80. The first-order chi connectivity index (χ1) is 9.23. The van der Waals surface area contributed by atoms with Gasteiger partial charge in [0.25, 0.3) is 0 Å². The van der Waals surface area contributed by atoms with Crippen LogP contribution in [0.3, 0.4) is 0 Å². The summed E-state index contributed by atoms with van der Waals surface area (Å²) in [6, 6.07) is 2.25. The van der Waals surface area contributed by atoms with E-state index in [2.05, 4.69) is 41.4 Å². The fourth-order valence-electron chi connectivity index (χ4n) is 1.96. The first kappa shape index (κ1) is 15.7. The maximum absolute atomic E-state index is 5.24. The molecule has 0 spiro atoms. The molecule has 0 aliphatic carbocycles. The number of hydrogen-bond acceptors (Lipinski definition) is 5. The van der Waals surface area contributed by atoms with E-state index in [1.54, 1.807) is 7.11 Å². The van der Waals surface area contributed by atoms with Crippen LogP contribution >= 0.6 is 0 Å². The standard InChI is InChI=1S/C14H26N4O/c1-5-8-11(10-19-4)16-14-9-13(15-7-3)17-12(6-2)18-14/h9,11H,5-8,10H2,1-4H3,(H2,15,16,17,18). The highest BCUT2D eigenvalue weighted by Crippen LogP contribution is 2.14. The Balaban J connectivity index is 2.81. The SMILES string of the molecule is CCCC(COC)Nc1cc(NCC)nc(CC)n1. The Morgan fingerprint density at radius 3 is 2.53 bits per heavy atom. The summed E-state index contributed by atoms with van der Waals surface area (Å²) in [5, 5.41) is 6.68. The molecule has 0 aromatic carbocycles. The number of rotatable bonds is 9. The fraction of sp³-hybridized carbons (Fsp3) is 0.714. The molecule has 0 saturated carbocycles. The second-order valence-corrected chi connectivity index (χ2v) is 4.52. The molecule has 1 heterocycles. The van der Waals surface area contributed by atoms with Crippen molar-refractivity contribution in [1.82, 2.24) is 9.97 Å². The van der Waals surface area contributed by atoms with E-state index in [1.807, 2.05) is 6.07 Å². The van der Waals surface area contributed by atoms with E-state index >= 15 is 0 Å². The van der Waals surface area contributed by atoms with Gasteiger partial charge in [-0.15, -0.1) is 0 Å². The Bertz CT molecular complexity index is 364. The Hall–Kier alpha value is -1.36. The van der Waals surface area contributed by atoms with Crippen LogP contribution in [0.2, 0.25) is 0 Å². The number of aromatic nitrogens is 2. The zero-order valence-corrected chi connectivity index (χ0v) is 12.5. The average Bonchev–Trinajstić information content (AvgIpc) is 2.39. The normalized spacial score (nSPS) is 12.2. The first-order valence-corrected chi connectivity index (χ1v) is 7.10. The van der Waals surface area contributed by atoms with Crippen LogP contribution in [0, 0.1) is 0 Å². The molecule has 108 valence electrons. The number of ether oxygens (including phenoxy) is 1. The van der Waals surface area contributed by atoms with Crippen molar-refractivity contribution in [3.8, 4) is 0 Å². The first-order valence-electron chi connectivity index (χ1n) is 7.10. The smallest absolute Gasteiger partial charge is 0.132 e. The zero-order chi connectivity index (χ0) is 14.1. The third-order valence-electron chi connectivity index (χ3n) is 2.80. The van der Waals surface area contributed by atoms with E-state index in [-0.39, 0.29) is 0 Å². The lowest BCUT2D eigenvalue weighted by molar-refractivity contribution is 0.182. The lowest BCUT2D eigenvalue weighted by Crippen LogP contribution is -2.25. The number of aryl methyl sites for hydroxylation is 1. The topological polar surface area (TPSA) is 59.1 Å². The molecule has 0 aliphatic heterocycles. The summed E-state index contributed by atoms with van der Waals surface area (Å²) in [5.74, 6) is 2.61. The van der Waals surface area contributed by atoms with Crippen molar-refractivity contribution < 1.29 is 4.74 Å². The van der Waals surface area contributed by atoms with Crippen molar-refractivity contribution in [2.75, 3.05) is 30.9 Å². The molecule has 0 radical (unpaired) electrons. The van der Waals surface area contributed by atoms with E-state index in [0.717, 1.165) is 43.3 Å². The maximum atomic E-state index is 5.24. The van der Waals surface area contributed by atoms with Gasteiger partial charge < -0.3 is 15.4 Å². The van der Waals surface area contributed by atoms with Gasteiger partial charge in [-0.1, -0.05) is 20.3 Å². The van der Waals surface area contributed by atoms with Crippen molar-refractivity contribution >= 4 is 11.6 Å². The van der Waals surface area contributed by atoms with E-state index in [9.17, 15) is 0 Å². The van der Waals surface area contributed by atoms with Crippen LogP contribution in [0.5, 0.6) is 0 Å². The molecule has 1 aromatic heterocycles. The molecule has 0 bridgehead atoms. The Labute approximate surface area is 116 Å². The lowest BCUT2D eigenvalue weighted by Gasteiger charge is -2.18. The van der Waals surface area contributed by atoms with Crippen LogP contribution in [0.4, 0.5) is 11.6 Å². The van der Waals surface area contributed by atoms with Gasteiger partial charge in [0.05, 0.1) is 12.6 Å². The molecular formula is C14H26N4O. The second kappa shape index (κ2) is 8.69. The molecule has 0 amide bonds. The van der Waals surface area contributed by atoms with Crippen LogP contribution in [0.1, 0.15) is 39.4 Å². The molecule has 0 saturated heterocycles. The quantitative estimate of drug-likeness (QED) is 0.719. The van der Waals surface area contributed by atoms with E-state index < -0.39 is 0 Å². The summed E-state index contributed by atoms with van der Waals surface area (Å²) in [4.78, 5) is 8.97. The lowest BCUT2D eigenvalue weighted by atomic mass is 10.2. The molecule has 2 N–H and O–H groups in total. The van der Waals surface area contributed by atoms with E-state index in [4.69, 9.17) is 4.74 Å². The minimum absolute atomic E-state index is 0.295. The molecule has 1 unspecified atom stereocenters. The van der Waals surface area contributed by atoms with Gasteiger partial charge in [-0.05, 0) is 13.3 Å². The molecule has 1 rings (SSSR count). The zero-order valence-electron chi connectivity index (χ0n) is 12.5. The Morgan fingerprint density at radius 2 is 1.95 bits per heavy atom. The molecular weight excluding hydrogens is 240 g/mol. The molecule has 1 atom stereocenters. The van der Waals surface area contributed by atoms with Crippen LogP contribution in [-0.2, 0) is 11.2 Å². The summed E-state index contributed by atoms with van der Waals surface area (Å²) in [7, 11) is 1.73. The van der Waals surface area contributed by atoms with Gasteiger partial charge in [0.2, 0.25) is 0 Å². The minimum atomic E-state index is 0.295. The number of nitrogens with zero attached hydrogens (tertiary/aromatic N) is 2. The van der Waals surface area contributed by atoms with Gasteiger partial charge in [0, 0.05) is 26.1 Å².